The second-order valence-electron chi connectivity index (χ2n) is 5.20. The molecule has 0 radical (unpaired) electrons. The first-order valence-electron chi connectivity index (χ1n) is 8.09. The second-order valence-corrected chi connectivity index (χ2v) is 6.45. The molecule has 8 heteroatoms. The van der Waals surface area contributed by atoms with E-state index >= 15 is 0 Å². The number of nitrogens with one attached hydrogen (secondary N) is 1. The average Bonchev–Trinajstić information content (AvgIpc) is 2.97. The van der Waals surface area contributed by atoms with Crippen LogP contribution in [0.4, 0.5) is 5.82 Å². The lowest BCUT2D eigenvalue weighted by Gasteiger charge is -2.09. The highest BCUT2D eigenvalue weighted by Crippen LogP contribution is 2.19. The van der Waals surface area contributed by atoms with Crippen LogP contribution >= 0.6 is 22.6 Å². The minimum Gasteiger partial charge on any atom is -0.462 e. The molecule has 2 aromatic rings. The van der Waals surface area contributed by atoms with Crippen LogP contribution in [-0.2, 0) is 19.1 Å². The fourth-order valence-electron chi connectivity index (χ4n) is 2.15. The quantitative estimate of drug-likeness (QED) is 0.221. The maximum absolute atomic E-state index is 12.0. The predicted molar refractivity (Wildman–Crippen MR) is 106 cm³/mol. The van der Waals surface area contributed by atoms with Gasteiger partial charge in [0.2, 0.25) is 0 Å². The molecule has 0 saturated carbocycles. The summed E-state index contributed by atoms with van der Waals surface area (Å²) in [5.41, 5.74) is 1.43. The summed E-state index contributed by atoms with van der Waals surface area (Å²) in [6.07, 6.45) is 1.29. The Hall–Kier alpha value is -2.36. The molecule has 1 aromatic heterocycles. The van der Waals surface area contributed by atoms with Crippen molar-refractivity contribution in [1.29, 1.82) is 0 Å². The standard InChI is InChI=1S/C18H20IN3O4/c1-4-25-17(23)15(18(24)26-5-2)11-20-16-10-12(3)21-22(16)14-8-6-13(19)7-9-14/h6-11,20H,4-5H2,1-3H3. The largest absolute Gasteiger partial charge is 0.462 e. The van der Waals surface area contributed by atoms with Crippen molar-refractivity contribution >= 4 is 40.3 Å². The molecule has 7 nitrogen and oxygen atoms in total. The van der Waals surface area contributed by atoms with Gasteiger partial charge in [0.15, 0.2) is 5.57 Å². The first-order chi connectivity index (χ1) is 12.5. The Morgan fingerprint density at radius 3 is 2.27 bits per heavy atom. The van der Waals surface area contributed by atoms with E-state index in [0.717, 1.165) is 15.0 Å². The number of aromatic nitrogens is 2. The smallest absolute Gasteiger partial charge is 0.347 e. The highest BCUT2D eigenvalue weighted by molar-refractivity contribution is 14.1. The van der Waals surface area contributed by atoms with Gasteiger partial charge in [0, 0.05) is 15.8 Å². The predicted octanol–water partition coefficient (Wildman–Crippen LogP) is 3.21. The molecule has 138 valence electrons. The van der Waals surface area contributed by atoms with Crippen molar-refractivity contribution in [2.24, 2.45) is 0 Å². The van der Waals surface area contributed by atoms with E-state index < -0.39 is 11.9 Å². The van der Waals surface area contributed by atoms with E-state index in [1.165, 1.54) is 6.20 Å². The normalized spacial score (nSPS) is 10.2. The number of anilines is 1. The summed E-state index contributed by atoms with van der Waals surface area (Å²) in [7, 11) is 0. The van der Waals surface area contributed by atoms with Gasteiger partial charge < -0.3 is 14.8 Å². The van der Waals surface area contributed by atoms with Crippen LogP contribution in [0.3, 0.4) is 0 Å². The van der Waals surface area contributed by atoms with E-state index in [0.29, 0.717) is 5.82 Å². The highest BCUT2D eigenvalue weighted by Gasteiger charge is 2.21. The molecule has 0 bridgehead atoms. The summed E-state index contributed by atoms with van der Waals surface area (Å²) in [6.45, 7) is 5.52. The minimum absolute atomic E-state index is 0.162. The van der Waals surface area contributed by atoms with Gasteiger partial charge in [-0.25, -0.2) is 14.3 Å². The summed E-state index contributed by atoms with van der Waals surface area (Å²) >= 11 is 2.23. The molecule has 1 N–H and O–H groups in total. The number of nitrogens with zero attached hydrogens (tertiary/aromatic N) is 2. The molecule has 0 atom stereocenters. The van der Waals surface area contributed by atoms with Gasteiger partial charge in [-0.15, -0.1) is 0 Å². The highest BCUT2D eigenvalue weighted by atomic mass is 127. The Bertz CT molecular complexity index is 792. The van der Waals surface area contributed by atoms with Crippen molar-refractivity contribution in [3.8, 4) is 5.69 Å². The van der Waals surface area contributed by atoms with Gasteiger partial charge in [0.1, 0.15) is 5.82 Å². The lowest BCUT2D eigenvalue weighted by Crippen LogP contribution is -2.19. The lowest BCUT2D eigenvalue weighted by atomic mass is 10.3. The number of rotatable bonds is 7. The Morgan fingerprint density at radius 2 is 1.73 bits per heavy atom. The summed E-state index contributed by atoms with van der Waals surface area (Å²) in [5, 5.41) is 7.40. The van der Waals surface area contributed by atoms with Crippen LogP contribution in [0.5, 0.6) is 0 Å². The number of hydrogen-bond acceptors (Lipinski definition) is 6. The average molecular weight is 469 g/mol. The zero-order valence-electron chi connectivity index (χ0n) is 14.8. The summed E-state index contributed by atoms with van der Waals surface area (Å²) in [5.74, 6) is -0.874. The van der Waals surface area contributed by atoms with Crippen molar-refractivity contribution in [2.45, 2.75) is 20.8 Å². The van der Waals surface area contributed by atoms with Crippen LogP contribution in [0, 0.1) is 10.5 Å². The number of carbonyl (C=O) groups is 2. The summed E-state index contributed by atoms with van der Waals surface area (Å²) in [4.78, 5) is 24.0. The van der Waals surface area contributed by atoms with Gasteiger partial charge in [-0.3, -0.25) is 0 Å². The molecule has 1 heterocycles. The third-order valence-electron chi connectivity index (χ3n) is 3.26. The van der Waals surface area contributed by atoms with Gasteiger partial charge in [-0.05, 0) is 67.6 Å². The van der Waals surface area contributed by atoms with E-state index in [9.17, 15) is 9.59 Å². The number of benzene rings is 1. The monoisotopic (exact) mass is 469 g/mol. The molecule has 0 fully saturated rings. The lowest BCUT2D eigenvalue weighted by molar-refractivity contribution is -0.146. The van der Waals surface area contributed by atoms with Crippen LogP contribution < -0.4 is 5.32 Å². The van der Waals surface area contributed by atoms with Crippen molar-refractivity contribution in [1.82, 2.24) is 9.78 Å². The van der Waals surface area contributed by atoms with E-state index in [1.54, 1.807) is 18.5 Å². The first kappa shape index (κ1) is 20.0. The maximum Gasteiger partial charge on any atom is 0.347 e. The number of halogens is 1. The molecule has 0 spiro atoms. The first-order valence-corrected chi connectivity index (χ1v) is 9.17. The summed E-state index contributed by atoms with van der Waals surface area (Å²) < 4.78 is 12.6. The van der Waals surface area contributed by atoms with Gasteiger partial charge in [0.05, 0.1) is 24.6 Å². The molecule has 0 aliphatic heterocycles. The summed E-state index contributed by atoms with van der Waals surface area (Å²) in [6, 6.07) is 9.61. The van der Waals surface area contributed by atoms with Crippen LogP contribution in [0.15, 0.2) is 42.1 Å². The van der Waals surface area contributed by atoms with E-state index in [4.69, 9.17) is 9.47 Å². The van der Waals surface area contributed by atoms with Crippen molar-refractivity contribution in [3.63, 3.8) is 0 Å². The molecular formula is C18H20IN3O4. The number of carbonyl (C=O) groups excluding carboxylic acids is 2. The zero-order chi connectivity index (χ0) is 19.1. The van der Waals surface area contributed by atoms with Gasteiger partial charge >= 0.3 is 11.9 Å². The van der Waals surface area contributed by atoms with Gasteiger partial charge in [-0.1, -0.05) is 0 Å². The fourth-order valence-corrected chi connectivity index (χ4v) is 2.51. The SMILES string of the molecule is CCOC(=O)C(=CNc1cc(C)nn1-c1ccc(I)cc1)C(=O)OCC. The number of hydrogen-bond donors (Lipinski definition) is 1. The minimum atomic E-state index is -0.740. The van der Waals surface area contributed by atoms with Gasteiger partial charge in [-0.2, -0.15) is 5.10 Å². The maximum atomic E-state index is 12.0. The number of ether oxygens (including phenoxy) is 2. The third-order valence-corrected chi connectivity index (χ3v) is 3.98. The second kappa shape index (κ2) is 9.37. The van der Waals surface area contributed by atoms with Crippen LogP contribution in [0.25, 0.3) is 5.69 Å². The van der Waals surface area contributed by atoms with Crippen LogP contribution in [0.2, 0.25) is 0 Å². The van der Waals surface area contributed by atoms with Crippen molar-refractivity contribution in [3.05, 3.63) is 51.4 Å². The molecule has 0 saturated heterocycles. The topological polar surface area (TPSA) is 82.5 Å². The fraction of sp³-hybridized carbons (Fsp3) is 0.278. The van der Waals surface area contributed by atoms with E-state index in [2.05, 4.69) is 33.0 Å². The molecule has 0 aliphatic rings. The van der Waals surface area contributed by atoms with E-state index in [-0.39, 0.29) is 18.8 Å². The Balaban J connectivity index is 2.33. The molecule has 0 aliphatic carbocycles. The van der Waals surface area contributed by atoms with Gasteiger partial charge in [0.25, 0.3) is 0 Å². The molecule has 0 amide bonds. The van der Waals surface area contributed by atoms with Crippen molar-refractivity contribution < 1.29 is 19.1 Å². The number of esters is 2. The van der Waals surface area contributed by atoms with Crippen molar-refractivity contribution in [2.75, 3.05) is 18.5 Å². The Labute approximate surface area is 165 Å². The Morgan fingerprint density at radius 1 is 1.15 bits per heavy atom. The van der Waals surface area contributed by atoms with Crippen LogP contribution in [-0.4, -0.2) is 34.9 Å². The third kappa shape index (κ3) is 5.07. The molecular weight excluding hydrogens is 449 g/mol. The molecule has 26 heavy (non-hydrogen) atoms. The molecule has 0 unspecified atom stereocenters. The number of aryl methyl sites for hydroxylation is 1. The Kier molecular flexibility index (Phi) is 7.19. The molecule has 1 aromatic carbocycles. The molecule has 2 rings (SSSR count). The van der Waals surface area contributed by atoms with Crippen LogP contribution in [0.1, 0.15) is 19.5 Å². The van der Waals surface area contributed by atoms with E-state index in [1.807, 2.05) is 37.3 Å². The zero-order valence-corrected chi connectivity index (χ0v) is 16.9.